The largest absolute Gasteiger partial charge is 0.348 e. The average molecular weight is 380 g/mol. The molecule has 1 N–H and O–H groups in total. The van der Waals surface area contributed by atoms with E-state index in [0.29, 0.717) is 11.0 Å². The molecule has 0 radical (unpaired) electrons. The van der Waals surface area contributed by atoms with Crippen molar-refractivity contribution in [3.63, 3.8) is 0 Å². The number of hydrogen-bond donors (Lipinski definition) is 1. The SMILES string of the molecule is CC(C)[C@H]1c2cccn2CCN1C(=O)Nc1ccc(Br)cc1F. The van der Waals surface area contributed by atoms with E-state index in [0.717, 1.165) is 12.2 Å². The predicted molar refractivity (Wildman–Crippen MR) is 91.8 cm³/mol. The zero-order valence-corrected chi connectivity index (χ0v) is 14.7. The molecule has 2 amide bonds. The number of rotatable bonds is 2. The summed E-state index contributed by atoms with van der Waals surface area (Å²) in [6.07, 6.45) is 2.04. The number of urea groups is 1. The molecule has 2 heterocycles. The summed E-state index contributed by atoms with van der Waals surface area (Å²) in [5.74, 6) is -0.182. The minimum atomic E-state index is -0.450. The Balaban J connectivity index is 1.84. The van der Waals surface area contributed by atoms with Crippen molar-refractivity contribution in [3.05, 3.63) is 52.5 Å². The third kappa shape index (κ3) is 3.13. The van der Waals surface area contributed by atoms with E-state index >= 15 is 0 Å². The summed E-state index contributed by atoms with van der Waals surface area (Å²) in [5, 5.41) is 2.70. The van der Waals surface area contributed by atoms with Gasteiger partial charge >= 0.3 is 6.03 Å². The monoisotopic (exact) mass is 379 g/mol. The van der Waals surface area contributed by atoms with Gasteiger partial charge in [0.2, 0.25) is 0 Å². The summed E-state index contributed by atoms with van der Waals surface area (Å²) in [7, 11) is 0. The molecule has 23 heavy (non-hydrogen) atoms. The summed E-state index contributed by atoms with van der Waals surface area (Å²) in [6.45, 7) is 5.54. The molecule has 1 atom stereocenters. The van der Waals surface area contributed by atoms with Crippen molar-refractivity contribution in [1.29, 1.82) is 0 Å². The van der Waals surface area contributed by atoms with Gasteiger partial charge in [0.05, 0.1) is 11.7 Å². The quantitative estimate of drug-likeness (QED) is 0.810. The number of hydrogen-bond acceptors (Lipinski definition) is 1. The fourth-order valence-electron chi connectivity index (χ4n) is 3.12. The number of benzene rings is 1. The maximum atomic E-state index is 14.0. The lowest BCUT2D eigenvalue weighted by Crippen LogP contribution is -2.45. The van der Waals surface area contributed by atoms with Gasteiger partial charge in [0, 0.05) is 29.5 Å². The van der Waals surface area contributed by atoms with Gasteiger partial charge in [-0.3, -0.25) is 0 Å². The molecule has 0 aliphatic carbocycles. The average Bonchev–Trinajstić information content (AvgIpc) is 2.97. The molecule has 122 valence electrons. The molecule has 1 aromatic heterocycles. The molecule has 0 spiro atoms. The molecule has 1 aliphatic rings. The van der Waals surface area contributed by atoms with E-state index in [4.69, 9.17) is 0 Å². The van der Waals surface area contributed by atoms with Crippen LogP contribution in [0, 0.1) is 11.7 Å². The Morgan fingerprint density at radius 1 is 1.35 bits per heavy atom. The highest BCUT2D eigenvalue weighted by molar-refractivity contribution is 9.10. The first kappa shape index (κ1) is 16.1. The number of halogens is 2. The summed E-state index contributed by atoms with van der Waals surface area (Å²) < 4.78 is 16.8. The molecule has 0 unspecified atom stereocenters. The normalized spacial score (nSPS) is 17.3. The Morgan fingerprint density at radius 3 is 2.83 bits per heavy atom. The van der Waals surface area contributed by atoms with Gasteiger partial charge in [0.15, 0.2) is 0 Å². The number of carbonyl (C=O) groups excluding carboxylic acids is 1. The van der Waals surface area contributed by atoms with Crippen LogP contribution in [0.15, 0.2) is 41.0 Å². The van der Waals surface area contributed by atoms with Crippen LogP contribution < -0.4 is 5.32 Å². The Kier molecular flexibility index (Phi) is 4.43. The Hall–Kier alpha value is -1.82. The Bertz CT molecular complexity index is 728. The van der Waals surface area contributed by atoms with Gasteiger partial charge in [0.25, 0.3) is 0 Å². The van der Waals surface area contributed by atoms with E-state index in [1.807, 2.05) is 18.3 Å². The molecule has 6 heteroatoms. The second kappa shape index (κ2) is 6.35. The summed E-state index contributed by atoms with van der Waals surface area (Å²) >= 11 is 3.22. The Labute approximate surface area is 143 Å². The van der Waals surface area contributed by atoms with Crippen molar-refractivity contribution in [2.24, 2.45) is 5.92 Å². The number of carbonyl (C=O) groups is 1. The van der Waals surface area contributed by atoms with Crippen molar-refractivity contribution in [2.45, 2.75) is 26.4 Å². The maximum absolute atomic E-state index is 14.0. The van der Waals surface area contributed by atoms with Crippen molar-refractivity contribution >= 4 is 27.6 Å². The van der Waals surface area contributed by atoms with Crippen LogP contribution in [-0.4, -0.2) is 22.0 Å². The lowest BCUT2D eigenvalue weighted by Gasteiger charge is -2.39. The number of nitrogens with one attached hydrogen (secondary N) is 1. The van der Waals surface area contributed by atoms with Gasteiger partial charge in [-0.2, -0.15) is 0 Å². The highest BCUT2D eigenvalue weighted by Gasteiger charge is 2.33. The fraction of sp³-hybridized carbons (Fsp3) is 0.353. The highest BCUT2D eigenvalue weighted by Crippen LogP contribution is 2.33. The van der Waals surface area contributed by atoms with Crippen molar-refractivity contribution in [3.8, 4) is 0 Å². The number of amides is 2. The second-order valence-electron chi connectivity index (χ2n) is 6.06. The number of anilines is 1. The molecule has 3 rings (SSSR count). The molecule has 0 saturated carbocycles. The molecular weight excluding hydrogens is 361 g/mol. The van der Waals surface area contributed by atoms with E-state index < -0.39 is 5.82 Å². The van der Waals surface area contributed by atoms with Gasteiger partial charge in [0.1, 0.15) is 5.82 Å². The number of nitrogens with zero attached hydrogens (tertiary/aromatic N) is 2. The summed E-state index contributed by atoms with van der Waals surface area (Å²) in [4.78, 5) is 14.5. The number of aromatic nitrogens is 1. The first-order chi connectivity index (χ1) is 11.0. The summed E-state index contributed by atoms with van der Waals surface area (Å²) in [5.41, 5.74) is 1.32. The first-order valence-electron chi connectivity index (χ1n) is 7.65. The van der Waals surface area contributed by atoms with Gasteiger partial charge in [-0.1, -0.05) is 29.8 Å². The smallest absolute Gasteiger partial charge is 0.322 e. The molecule has 0 fully saturated rings. The van der Waals surface area contributed by atoms with E-state index in [1.165, 1.54) is 6.07 Å². The van der Waals surface area contributed by atoms with Gasteiger partial charge in [-0.15, -0.1) is 0 Å². The van der Waals surface area contributed by atoms with Crippen molar-refractivity contribution in [1.82, 2.24) is 9.47 Å². The first-order valence-corrected chi connectivity index (χ1v) is 8.44. The lowest BCUT2D eigenvalue weighted by molar-refractivity contribution is 0.143. The molecule has 0 bridgehead atoms. The maximum Gasteiger partial charge on any atom is 0.322 e. The van der Waals surface area contributed by atoms with Crippen molar-refractivity contribution in [2.75, 3.05) is 11.9 Å². The topological polar surface area (TPSA) is 37.3 Å². The zero-order valence-electron chi connectivity index (χ0n) is 13.1. The fourth-order valence-corrected chi connectivity index (χ4v) is 3.45. The van der Waals surface area contributed by atoms with E-state index in [9.17, 15) is 9.18 Å². The van der Waals surface area contributed by atoms with Crippen LogP contribution >= 0.6 is 15.9 Å². The van der Waals surface area contributed by atoms with Crippen LogP contribution in [0.25, 0.3) is 0 Å². The highest BCUT2D eigenvalue weighted by atomic mass is 79.9. The molecule has 1 aromatic carbocycles. The van der Waals surface area contributed by atoms with Crippen LogP contribution in [0.1, 0.15) is 25.6 Å². The molecule has 1 aliphatic heterocycles. The van der Waals surface area contributed by atoms with Crippen LogP contribution in [0.3, 0.4) is 0 Å². The van der Waals surface area contributed by atoms with Crippen LogP contribution in [0.5, 0.6) is 0 Å². The van der Waals surface area contributed by atoms with E-state index in [-0.39, 0.29) is 23.7 Å². The van der Waals surface area contributed by atoms with Crippen LogP contribution in [0.4, 0.5) is 14.9 Å². The van der Waals surface area contributed by atoms with Gasteiger partial charge in [-0.05, 0) is 36.2 Å². The lowest BCUT2D eigenvalue weighted by atomic mass is 9.97. The molecule has 0 saturated heterocycles. The minimum absolute atomic E-state index is 0.0164. The third-order valence-corrected chi connectivity index (χ3v) is 4.64. The van der Waals surface area contributed by atoms with Crippen LogP contribution in [0.2, 0.25) is 0 Å². The zero-order chi connectivity index (χ0) is 16.6. The minimum Gasteiger partial charge on any atom is -0.348 e. The molecular formula is C17H19BrFN3O. The third-order valence-electron chi connectivity index (χ3n) is 4.15. The number of fused-ring (bicyclic) bond motifs is 1. The summed E-state index contributed by atoms with van der Waals surface area (Å²) in [6, 6.07) is 8.38. The molecule has 2 aromatic rings. The Morgan fingerprint density at radius 2 is 2.13 bits per heavy atom. The van der Waals surface area contributed by atoms with Crippen LogP contribution in [-0.2, 0) is 6.54 Å². The van der Waals surface area contributed by atoms with Gasteiger partial charge < -0.3 is 14.8 Å². The van der Waals surface area contributed by atoms with E-state index in [1.54, 1.807) is 17.0 Å². The standard InChI is InChI=1S/C17H19BrFN3O/c1-11(2)16-15-4-3-7-21(15)8-9-22(16)17(23)20-14-6-5-12(18)10-13(14)19/h3-7,10-11,16H,8-9H2,1-2H3,(H,20,23)/t16-/m0/s1. The second-order valence-corrected chi connectivity index (χ2v) is 6.98. The predicted octanol–water partition coefficient (Wildman–Crippen LogP) is 4.63. The van der Waals surface area contributed by atoms with E-state index in [2.05, 4.69) is 39.7 Å². The van der Waals surface area contributed by atoms with Gasteiger partial charge in [-0.25, -0.2) is 9.18 Å². The van der Waals surface area contributed by atoms with Crippen molar-refractivity contribution < 1.29 is 9.18 Å². The molecule has 4 nitrogen and oxygen atoms in total.